The molecule has 0 spiro atoms. The van der Waals surface area contributed by atoms with Crippen LogP contribution in [0.4, 0.5) is 0 Å². The number of piperidine rings is 1. The molecule has 178 valence electrons. The molecule has 1 heterocycles. The highest BCUT2D eigenvalue weighted by molar-refractivity contribution is 7.80. The molecule has 1 saturated heterocycles. The first-order valence-electron chi connectivity index (χ1n) is 13.2. The zero-order chi connectivity index (χ0) is 23.6. The van der Waals surface area contributed by atoms with Gasteiger partial charge in [-0.15, -0.1) is 0 Å². The largest absolute Gasteiger partial charge is 0.365 e. The second-order valence-corrected chi connectivity index (χ2v) is 12.9. The van der Waals surface area contributed by atoms with Crippen molar-refractivity contribution >= 4 is 23.3 Å². The maximum Gasteiger partial charge on any atom is 0.0842 e. The second-order valence-electron chi connectivity index (χ2n) is 12.5. The van der Waals surface area contributed by atoms with Crippen LogP contribution in [0.2, 0.25) is 0 Å². The smallest absolute Gasteiger partial charge is 0.0842 e. The Hall–Kier alpha value is -1.97. The fraction of sp³-hybridized carbons (Fsp3) is 0.516. The van der Waals surface area contributed by atoms with E-state index in [4.69, 9.17) is 18.0 Å². The number of hydrogen-bond donors (Lipinski definition) is 1. The van der Waals surface area contributed by atoms with Crippen molar-refractivity contribution in [2.24, 2.45) is 28.4 Å². The fourth-order valence-electron chi connectivity index (χ4n) is 8.18. The molecule has 5 fully saturated rings. The van der Waals surface area contributed by atoms with Gasteiger partial charge in [0, 0.05) is 24.5 Å². The quantitative estimate of drug-likeness (QED) is 0.512. The van der Waals surface area contributed by atoms with Gasteiger partial charge in [0.05, 0.1) is 4.99 Å². The Morgan fingerprint density at radius 1 is 0.941 bits per heavy atom. The Kier molecular flexibility index (Phi) is 5.31. The van der Waals surface area contributed by atoms with Crippen LogP contribution in [0.25, 0.3) is 6.08 Å². The van der Waals surface area contributed by atoms with Gasteiger partial charge in [-0.1, -0.05) is 98.4 Å². The minimum atomic E-state index is 0.111. The van der Waals surface area contributed by atoms with E-state index in [2.05, 4.69) is 85.5 Å². The molecule has 1 aliphatic heterocycles. The Labute approximate surface area is 210 Å². The van der Waals surface area contributed by atoms with Gasteiger partial charge in [-0.3, -0.25) is 0 Å². The van der Waals surface area contributed by atoms with Crippen molar-refractivity contribution in [1.82, 2.24) is 4.90 Å². The van der Waals surface area contributed by atoms with Gasteiger partial charge >= 0.3 is 0 Å². The topological polar surface area (TPSA) is 29.3 Å². The van der Waals surface area contributed by atoms with E-state index in [1.54, 1.807) is 5.57 Å². The van der Waals surface area contributed by atoms with Gasteiger partial charge in [0.2, 0.25) is 0 Å². The number of allylic oxidation sites excluding steroid dienone is 1. The monoisotopic (exact) mass is 470 g/mol. The Morgan fingerprint density at radius 2 is 1.56 bits per heavy atom. The standard InChI is InChI=1S/C31H38N2S/c1-29(2)21-33(14-13-27(29)32)28(34)31-18-23-16-30(20-31,25-11-7-4-8-12-25)17-24(19-31)26(23)15-22-9-5-3-6-10-22/h3-12,15,23-24,27H,13-14,16-21,32H2,1-2H3/b26-15-/t23-,24?,27+,30?,31?/m1/s1. The van der Waals surface area contributed by atoms with Crippen molar-refractivity contribution in [3.63, 3.8) is 0 Å². The molecule has 5 aliphatic rings. The average molecular weight is 471 g/mol. The maximum absolute atomic E-state index is 6.49. The fourth-order valence-corrected chi connectivity index (χ4v) is 8.57. The predicted octanol–water partition coefficient (Wildman–Crippen LogP) is 6.60. The third-order valence-electron chi connectivity index (χ3n) is 9.74. The molecule has 0 aromatic heterocycles. The van der Waals surface area contributed by atoms with Gasteiger partial charge in [0.25, 0.3) is 0 Å². The molecule has 3 heteroatoms. The summed E-state index contributed by atoms with van der Waals surface area (Å²) in [5.41, 5.74) is 11.6. The van der Waals surface area contributed by atoms with Crippen molar-refractivity contribution in [2.75, 3.05) is 13.1 Å². The summed E-state index contributed by atoms with van der Waals surface area (Å²) >= 11 is 6.44. The Morgan fingerprint density at radius 3 is 2.18 bits per heavy atom. The summed E-state index contributed by atoms with van der Waals surface area (Å²) < 4.78 is 0. The van der Waals surface area contributed by atoms with E-state index in [-0.39, 0.29) is 22.3 Å². The highest BCUT2D eigenvalue weighted by atomic mass is 32.1. The van der Waals surface area contributed by atoms with Crippen LogP contribution >= 0.6 is 12.2 Å². The third-order valence-corrected chi connectivity index (χ3v) is 10.4. The van der Waals surface area contributed by atoms with Gasteiger partial charge in [0.15, 0.2) is 0 Å². The lowest BCUT2D eigenvalue weighted by Crippen LogP contribution is -2.62. The molecule has 3 unspecified atom stereocenters. The summed E-state index contributed by atoms with van der Waals surface area (Å²) in [7, 11) is 0. The summed E-state index contributed by atoms with van der Waals surface area (Å²) in [6.45, 7) is 6.65. The van der Waals surface area contributed by atoms with Crippen LogP contribution in [0.15, 0.2) is 66.2 Å². The van der Waals surface area contributed by atoms with Crippen LogP contribution < -0.4 is 5.73 Å². The van der Waals surface area contributed by atoms with Gasteiger partial charge in [-0.25, -0.2) is 0 Å². The van der Waals surface area contributed by atoms with Crippen LogP contribution in [-0.4, -0.2) is 29.0 Å². The van der Waals surface area contributed by atoms with Crippen LogP contribution in [0.5, 0.6) is 0 Å². The molecule has 5 atom stereocenters. The lowest BCUT2D eigenvalue weighted by molar-refractivity contribution is -0.000795. The highest BCUT2D eigenvalue weighted by Crippen LogP contribution is 2.68. The Bertz CT molecular complexity index is 1080. The van der Waals surface area contributed by atoms with E-state index in [1.165, 1.54) is 48.2 Å². The maximum atomic E-state index is 6.49. The van der Waals surface area contributed by atoms with Crippen molar-refractivity contribution in [1.29, 1.82) is 0 Å². The molecular formula is C31H38N2S. The van der Waals surface area contributed by atoms with Gasteiger partial charge in [0.1, 0.15) is 0 Å². The molecule has 34 heavy (non-hydrogen) atoms. The van der Waals surface area contributed by atoms with Crippen LogP contribution in [0.1, 0.15) is 63.5 Å². The molecule has 4 saturated carbocycles. The first-order chi connectivity index (χ1) is 16.3. The molecule has 2 aromatic carbocycles. The predicted molar refractivity (Wildman–Crippen MR) is 146 cm³/mol. The molecule has 2 N–H and O–H groups in total. The van der Waals surface area contributed by atoms with E-state index in [9.17, 15) is 0 Å². The molecule has 7 rings (SSSR count). The summed E-state index contributed by atoms with van der Waals surface area (Å²) in [5, 5.41) is 0. The van der Waals surface area contributed by atoms with E-state index in [0.29, 0.717) is 11.8 Å². The van der Waals surface area contributed by atoms with E-state index >= 15 is 0 Å². The van der Waals surface area contributed by atoms with E-state index in [1.807, 2.05) is 0 Å². The normalized spacial score (nSPS) is 37.2. The third kappa shape index (κ3) is 3.58. The molecule has 0 amide bonds. The molecule has 4 bridgehead atoms. The van der Waals surface area contributed by atoms with Crippen molar-refractivity contribution in [3.8, 4) is 0 Å². The van der Waals surface area contributed by atoms with Gasteiger partial charge in [-0.05, 0) is 72.3 Å². The summed E-state index contributed by atoms with van der Waals surface area (Å²) in [4.78, 5) is 3.81. The average Bonchev–Trinajstić information content (AvgIpc) is 2.83. The highest BCUT2D eigenvalue weighted by Gasteiger charge is 2.62. The molecule has 4 aliphatic carbocycles. The van der Waals surface area contributed by atoms with Crippen molar-refractivity contribution in [3.05, 3.63) is 77.4 Å². The number of hydrogen-bond acceptors (Lipinski definition) is 2. The lowest BCUT2D eigenvalue weighted by Gasteiger charge is -2.64. The first kappa shape index (κ1) is 22.5. The van der Waals surface area contributed by atoms with Crippen LogP contribution in [0, 0.1) is 22.7 Å². The number of nitrogens with two attached hydrogens (primary N) is 1. The van der Waals surface area contributed by atoms with Crippen molar-refractivity contribution < 1.29 is 0 Å². The Balaban J connectivity index is 1.38. The molecule has 2 aromatic rings. The SMILES string of the molecule is CC1(C)CN(C(=S)C23CC4CC(c5ccccc5)(C[C@H](C2)/C4=C/c2ccccc2)C3)CC[C@@H]1N. The molecule has 2 nitrogen and oxygen atoms in total. The van der Waals surface area contributed by atoms with Crippen LogP contribution in [-0.2, 0) is 5.41 Å². The number of nitrogens with zero attached hydrogens (tertiary/aromatic N) is 1. The summed E-state index contributed by atoms with van der Waals surface area (Å²) in [6.07, 6.45) is 9.76. The zero-order valence-electron chi connectivity index (χ0n) is 20.7. The zero-order valence-corrected chi connectivity index (χ0v) is 21.5. The number of rotatable bonds is 3. The van der Waals surface area contributed by atoms with Gasteiger partial charge in [-0.2, -0.15) is 0 Å². The van der Waals surface area contributed by atoms with E-state index in [0.717, 1.165) is 19.5 Å². The first-order valence-corrected chi connectivity index (χ1v) is 13.6. The minimum absolute atomic E-state index is 0.111. The second kappa shape index (κ2) is 8.03. The minimum Gasteiger partial charge on any atom is -0.365 e. The van der Waals surface area contributed by atoms with E-state index < -0.39 is 0 Å². The summed E-state index contributed by atoms with van der Waals surface area (Å²) in [6, 6.07) is 22.6. The van der Waals surface area contributed by atoms with Crippen molar-refractivity contribution in [2.45, 2.75) is 63.8 Å². The molecule has 0 radical (unpaired) electrons. The van der Waals surface area contributed by atoms with Gasteiger partial charge < -0.3 is 10.6 Å². The molecular weight excluding hydrogens is 432 g/mol. The lowest BCUT2D eigenvalue weighted by atomic mass is 9.41. The van der Waals surface area contributed by atoms with Crippen LogP contribution in [0.3, 0.4) is 0 Å². The number of benzene rings is 2. The summed E-state index contributed by atoms with van der Waals surface area (Å²) in [5.74, 6) is 1.25. The number of thiocarbonyl (C=S) groups is 1. The number of likely N-dealkylation sites (tertiary alicyclic amines) is 1.